The van der Waals surface area contributed by atoms with E-state index in [-0.39, 0.29) is 18.2 Å². The number of thiazole rings is 1. The number of hydrogen-bond donors (Lipinski definition) is 1. The monoisotopic (exact) mass is 421 g/mol. The normalized spacial score (nSPS) is 17.8. The van der Waals surface area contributed by atoms with E-state index in [9.17, 15) is 9.59 Å². The van der Waals surface area contributed by atoms with Crippen LogP contribution in [0.25, 0.3) is 10.6 Å². The number of anilines is 2. The highest BCUT2D eigenvalue weighted by molar-refractivity contribution is 7.13. The molecule has 0 saturated carbocycles. The lowest BCUT2D eigenvalue weighted by Crippen LogP contribution is -2.28. The Hall–Kier alpha value is -3.39. The minimum absolute atomic E-state index is 0.0778. The Labute approximate surface area is 177 Å². The van der Waals surface area contributed by atoms with Crippen LogP contribution in [0.2, 0.25) is 0 Å². The number of nitrogens with zero attached hydrogens (tertiary/aromatic N) is 2. The van der Waals surface area contributed by atoms with Crippen LogP contribution in [0.5, 0.6) is 11.5 Å². The Morgan fingerprint density at radius 3 is 2.67 bits per heavy atom. The first-order valence-corrected chi connectivity index (χ1v) is 10.6. The average Bonchev–Trinajstić information content (AvgIpc) is 3.44. The van der Waals surface area contributed by atoms with E-state index in [1.165, 1.54) is 0 Å². The minimum Gasteiger partial charge on any atom is -0.486 e. The Kier molecular flexibility index (Phi) is 4.84. The number of aromatic nitrogens is 1. The number of fused-ring (bicyclic) bond motifs is 1. The maximum atomic E-state index is 12.7. The van der Waals surface area contributed by atoms with Crippen LogP contribution in [-0.4, -0.2) is 36.6 Å². The predicted octanol–water partition coefficient (Wildman–Crippen LogP) is 3.57. The molecule has 2 aliphatic rings. The Balaban J connectivity index is 1.25. The van der Waals surface area contributed by atoms with Gasteiger partial charge in [0.05, 0.1) is 5.92 Å². The van der Waals surface area contributed by atoms with Crippen LogP contribution >= 0.6 is 11.3 Å². The molecule has 7 nitrogen and oxygen atoms in total. The molecular weight excluding hydrogens is 402 g/mol. The number of hydrogen-bond acceptors (Lipinski definition) is 6. The van der Waals surface area contributed by atoms with Crippen molar-refractivity contribution in [3.8, 4) is 22.1 Å². The van der Waals surface area contributed by atoms with Crippen LogP contribution in [0.4, 0.5) is 11.4 Å². The van der Waals surface area contributed by atoms with Crippen molar-refractivity contribution in [2.45, 2.75) is 6.42 Å². The number of rotatable bonds is 4. The second-order valence-electron chi connectivity index (χ2n) is 7.14. The first-order valence-electron chi connectivity index (χ1n) is 9.68. The molecule has 2 aliphatic heterocycles. The number of carbonyl (C=O) groups excluding carboxylic acids is 2. The minimum atomic E-state index is -0.413. The van der Waals surface area contributed by atoms with Crippen molar-refractivity contribution in [1.29, 1.82) is 0 Å². The standard InChI is InChI=1S/C22H19N3O4S/c26-20-11-15(13-25(20)17-5-6-18-19(12-17)29-9-8-28-18)21(27)24-16-3-1-14(2-4-16)22-23-7-10-30-22/h1-7,10,12,15H,8-9,11,13H2,(H,24,27)/t15-/m1/s1. The molecule has 2 amide bonds. The highest BCUT2D eigenvalue weighted by atomic mass is 32.1. The van der Waals surface area contributed by atoms with Crippen molar-refractivity contribution in [3.05, 3.63) is 54.0 Å². The second-order valence-corrected chi connectivity index (χ2v) is 8.03. The molecule has 1 aromatic heterocycles. The van der Waals surface area contributed by atoms with E-state index in [4.69, 9.17) is 9.47 Å². The van der Waals surface area contributed by atoms with Gasteiger partial charge in [-0.1, -0.05) is 0 Å². The lowest BCUT2D eigenvalue weighted by atomic mass is 10.1. The molecule has 0 unspecified atom stereocenters. The molecule has 30 heavy (non-hydrogen) atoms. The lowest BCUT2D eigenvalue weighted by Gasteiger charge is -2.22. The summed E-state index contributed by atoms with van der Waals surface area (Å²) in [5.74, 6) is 0.646. The third-order valence-electron chi connectivity index (χ3n) is 5.16. The predicted molar refractivity (Wildman–Crippen MR) is 114 cm³/mol. The number of nitrogens with one attached hydrogen (secondary N) is 1. The maximum Gasteiger partial charge on any atom is 0.229 e. The number of carbonyl (C=O) groups is 2. The molecule has 0 aliphatic carbocycles. The summed E-state index contributed by atoms with van der Waals surface area (Å²) in [4.78, 5) is 31.2. The fourth-order valence-corrected chi connectivity index (χ4v) is 4.28. The molecule has 2 aromatic carbocycles. The van der Waals surface area contributed by atoms with E-state index in [1.54, 1.807) is 34.6 Å². The summed E-state index contributed by atoms with van der Waals surface area (Å²) in [6, 6.07) is 13.0. The van der Waals surface area contributed by atoms with Crippen LogP contribution in [0, 0.1) is 5.92 Å². The Morgan fingerprint density at radius 2 is 1.90 bits per heavy atom. The van der Waals surface area contributed by atoms with Crippen molar-refractivity contribution < 1.29 is 19.1 Å². The lowest BCUT2D eigenvalue weighted by molar-refractivity contribution is -0.122. The van der Waals surface area contributed by atoms with E-state index in [1.807, 2.05) is 35.7 Å². The Morgan fingerprint density at radius 1 is 1.10 bits per heavy atom. The maximum absolute atomic E-state index is 12.7. The summed E-state index contributed by atoms with van der Waals surface area (Å²) in [6.07, 6.45) is 1.94. The van der Waals surface area contributed by atoms with Crippen molar-refractivity contribution in [3.63, 3.8) is 0 Å². The topological polar surface area (TPSA) is 80.8 Å². The summed E-state index contributed by atoms with van der Waals surface area (Å²) in [7, 11) is 0. The van der Waals surface area contributed by atoms with Crippen molar-refractivity contribution >= 4 is 34.5 Å². The molecule has 0 spiro atoms. The number of ether oxygens (including phenoxy) is 2. The molecular formula is C22H19N3O4S. The van der Waals surface area contributed by atoms with Gasteiger partial charge in [-0.2, -0.15) is 0 Å². The zero-order chi connectivity index (χ0) is 20.5. The molecule has 3 heterocycles. The van der Waals surface area contributed by atoms with Gasteiger partial charge >= 0.3 is 0 Å². The van der Waals surface area contributed by atoms with Gasteiger partial charge in [0, 0.05) is 47.5 Å². The highest BCUT2D eigenvalue weighted by Gasteiger charge is 2.35. The van der Waals surface area contributed by atoms with Crippen molar-refractivity contribution in [1.82, 2.24) is 4.98 Å². The van der Waals surface area contributed by atoms with Gasteiger partial charge in [-0.3, -0.25) is 9.59 Å². The summed E-state index contributed by atoms with van der Waals surface area (Å²) < 4.78 is 11.1. The summed E-state index contributed by atoms with van der Waals surface area (Å²) >= 11 is 1.56. The summed E-state index contributed by atoms with van der Waals surface area (Å²) in [5.41, 5.74) is 2.42. The summed E-state index contributed by atoms with van der Waals surface area (Å²) in [5, 5.41) is 5.78. The third kappa shape index (κ3) is 3.61. The van der Waals surface area contributed by atoms with Gasteiger partial charge in [0.25, 0.3) is 0 Å². The van der Waals surface area contributed by atoms with Gasteiger partial charge < -0.3 is 19.7 Å². The molecule has 5 rings (SSSR count). The van der Waals surface area contributed by atoms with Crippen molar-refractivity contribution in [2.24, 2.45) is 5.92 Å². The quantitative estimate of drug-likeness (QED) is 0.697. The van der Waals surface area contributed by atoms with Crippen LogP contribution < -0.4 is 19.7 Å². The van der Waals surface area contributed by atoms with Crippen LogP contribution in [0.3, 0.4) is 0 Å². The van der Waals surface area contributed by atoms with Crippen LogP contribution in [-0.2, 0) is 9.59 Å². The fourth-order valence-electron chi connectivity index (χ4n) is 3.64. The van der Waals surface area contributed by atoms with Crippen molar-refractivity contribution in [2.75, 3.05) is 30.0 Å². The van der Waals surface area contributed by atoms with Crippen LogP contribution in [0.1, 0.15) is 6.42 Å². The first kappa shape index (κ1) is 18.6. The molecule has 1 fully saturated rings. The average molecular weight is 421 g/mol. The van der Waals surface area contributed by atoms with E-state index < -0.39 is 5.92 Å². The smallest absolute Gasteiger partial charge is 0.229 e. The summed E-state index contributed by atoms with van der Waals surface area (Å²) in [6.45, 7) is 1.33. The molecule has 1 atom stereocenters. The van der Waals surface area contributed by atoms with Gasteiger partial charge in [0.15, 0.2) is 11.5 Å². The zero-order valence-corrected chi connectivity index (χ0v) is 16.9. The molecule has 1 saturated heterocycles. The van der Waals surface area contributed by atoms with Gasteiger partial charge in [0.2, 0.25) is 11.8 Å². The second kappa shape index (κ2) is 7.79. The number of amides is 2. The molecule has 8 heteroatoms. The third-order valence-corrected chi connectivity index (χ3v) is 5.99. The van der Waals surface area contributed by atoms with E-state index in [0.717, 1.165) is 10.6 Å². The van der Waals surface area contributed by atoms with Gasteiger partial charge in [0.1, 0.15) is 18.2 Å². The SMILES string of the molecule is O=C(Nc1ccc(-c2nccs2)cc1)[C@@H]1CC(=O)N(c2ccc3c(c2)OCCO3)C1. The molecule has 0 bridgehead atoms. The molecule has 1 N–H and O–H groups in total. The van der Waals surface area contributed by atoms with Gasteiger partial charge in [-0.15, -0.1) is 11.3 Å². The molecule has 0 radical (unpaired) electrons. The van der Waals surface area contributed by atoms with E-state index in [0.29, 0.717) is 42.6 Å². The van der Waals surface area contributed by atoms with E-state index in [2.05, 4.69) is 10.3 Å². The fraction of sp³-hybridized carbons (Fsp3) is 0.227. The largest absolute Gasteiger partial charge is 0.486 e. The van der Waals surface area contributed by atoms with Gasteiger partial charge in [-0.25, -0.2) is 4.98 Å². The van der Waals surface area contributed by atoms with Crippen LogP contribution in [0.15, 0.2) is 54.0 Å². The zero-order valence-electron chi connectivity index (χ0n) is 16.0. The Bertz CT molecular complexity index is 1080. The molecule has 152 valence electrons. The number of benzene rings is 2. The molecule has 3 aromatic rings. The highest BCUT2D eigenvalue weighted by Crippen LogP contribution is 2.36. The van der Waals surface area contributed by atoms with Gasteiger partial charge in [-0.05, 0) is 36.4 Å². The first-order chi connectivity index (χ1) is 14.7. The van der Waals surface area contributed by atoms with E-state index >= 15 is 0 Å².